The third-order valence-corrected chi connectivity index (χ3v) is 4.52. The quantitative estimate of drug-likeness (QED) is 0.834. The second-order valence-corrected chi connectivity index (χ2v) is 6.83. The Kier molecular flexibility index (Phi) is 4.97. The van der Waals surface area contributed by atoms with Gasteiger partial charge in [0.2, 0.25) is 0 Å². The van der Waals surface area contributed by atoms with Crippen LogP contribution >= 0.6 is 0 Å². The number of hydrogen-bond acceptors (Lipinski definition) is 3. The average Bonchev–Trinajstić information content (AvgIpc) is 2.89. The summed E-state index contributed by atoms with van der Waals surface area (Å²) >= 11 is 0. The molecule has 1 atom stereocenters. The SMILES string of the molecule is CCOc1ccc([C@@H]2NC(=O)NC3=C2C(=O)N(CCC(C)C)C3)cc1. The highest BCUT2D eigenvalue weighted by Gasteiger charge is 2.40. The molecule has 6 heteroatoms. The molecule has 0 spiro atoms. The van der Waals surface area contributed by atoms with Crippen molar-refractivity contribution in [3.8, 4) is 5.75 Å². The van der Waals surface area contributed by atoms with Crippen molar-refractivity contribution in [2.24, 2.45) is 5.92 Å². The van der Waals surface area contributed by atoms with Gasteiger partial charge in [-0.3, -0.25) is 4.79 Å². The van der Waals surface area contributed by atoms with Gasteiger partial charge in [0.1, 0.15) is 5.75 Å². The van der Waals surface area contributed by atoms with Gasteiger partial charge in [-0.05, 0) is 37.0 Å². The van der Waals surface area contributed by atoms with Gasteiger partial charge in [0, 0.05) is 6.54 Å². The molecular formula is C19H25N3O3. The smallest absolute Gasteiger partial charge is 0.319 e. The maximum Gasteiger partial charge on any atom is 0.319 e. The molecule has 3 rings (SSSR count). The molecule has 0 aliphatic carbocycles. The highest BCUT2D eigenvalue weighted by Crippen LogP contribution is 2.33. The molecule has 0 radical (unpaired) electrons. The molecule has 3 amide bonds. The fourth-order valence-electron chi connectivity index (χ4n) is 3.20. The number of ether oxygens (including phenoxy) is 1. The zero-order chi connectivity index (χ0) is 18.0. The molecular weight excluding hydrogens is 318 g/mol. The van der Waals surface area contributed by atoms with Crippen molar-refractivity contribution in [3.05, 3.63) is 41.1 Å². The van der Waals surface area contributed by atoms with Crippen LogP contribution in [0.5, 0.6) is 5.75 Å². The van der Waals surface area contributed by atoms with Crippen molar-refractivity contribution in [2.75, 3.05) is 19.7 Å². The van der Waals surface area contributed by atoms with Gasteiger partial charge in [-0.2, -0.15) is 0 Å². The Morgan fingerprint density at radius 2 is 1.96 bits per heavy atom. The normalized spacial score (nSPS) is 19.8. The molecule has 0 bridgehead atoms. The lowest BCUT2D eigenvalue weighted by Gasteiger charge is -2.25. The highest BCUT2D eigenvalue weighted by atomic mass is 16.5. The Morgan fingerprint density at radius 1 is 1.24 bits per heavy atom. The summed E-state index contributed by atoms with van der Waals surface area (Å²) in [7, 11) is 0. The molecule has 0 aromatic heterocycles. The first-order valence-corrected chi connectivity index (χ1v) is 8.82. The van der Waals surface area contributed by atoms with Crippen LogP contribution in [0.15, 0.2) is 35.5 Å². The minimum Gasteiger partial charge on any atom is -0.494 e. The number of nitrogens with zero attached hydrogens (tertiary/aromatic N) is 1. The summed E-state index contributed by atoms with van der Waals surface area (Å²) in [5.74, 6) is 1.30. The van der Waals surface area contributed by atoms with Crippen LogP contribution in [0.2, 0.25) is 0 Å². The molecule has 0 saturated carbocycles. The zero-order valence-electron chi connectivity index (χ0n) is 15.0. The van der Waals surface area contributed by atoms with Gasteiger partial charge < -0.3 is 20.3 Å². The Hall–Kier alpha value is -2.50. The van der Waals surface area contributed by atoms with Crippen LogP contribution in [0.3, 0.4) is 0 Å². The van der Waals surface area contributed by atoms with E-state index in [4.69, 9.17) is 4.74 Å². The third kappa shape index (κ3) is 3.62. The maximum absolute atomic E-state index is 12.9. The van der Waals surface area contributed by atoms with E-state index in [1.807, 2.05) is 36.1 Å². The summed E-state index contributed by atoms with van der Waals surface area (Å²) in [4.78, 5) is 26.7. The van der Waals surface area contributed by atoms with Crippen molar-refractivity contribution in [1.29, 1.82) is 0 Å². The Bertz CT molecular complexity index is 694. The van der Waals surface area contributed by atoms with Gasteiger partial charge in [0.25, 0.3) is 5.91 Å². The van der Waals surface area contributed by atoms with Crippen LogP contribution in [0.1, 0.15) is 38.8 Å². The molecule has 2 aliphatic rings. The van der Waals surface area contributed by atoms with Crippen LogP contribution in [0.25, 0.3) is 0 Å². The van der Waals surface area contributed by atoms with Crippen molar-refractivity contribution in [1.82, 2.24) is 15.5 Å². The van der Waals surface area contributed by atoms with Crippen molar-refractivity contribution >= 4 is 11.9 Å². The molecule has 2 heterocycles. The van der Waals surface area contributed by atoms with Gasteiger partial charge in [-0.1, -0.05) is 26.0 Å². The molecule has 2 N–H and O–H groups in total. The topological polar surface area (TPSA) is 70.7 Å². The molecule has 134 valence electrons. The monoisotopic (exact) mass is 343 g/mol. The van der Waals surface area contributed by atoms with Gasteiger partial charge in [0.05, 0.1) is 30.5 Å². The standard InChI is InChI=1S/C19H25N3O3/c1-4-25-14-7-5-13(6-8-14)17-16-15(20-19(24)21-17)11-22(18(16)23)10-9-12(2)3/h5-8,12,17H,4,9-11H2,1-3H3,(H2,20,21,24)/t17-/m0/s1. The Morgan fingerprint density at radius 3 is 2.60 bits per heavy atom. The molecule has 0 unspecified atom stereocenters. The molecule has 0 fully saturated rings. The lowest BCUT2D eigenvalue weighted by molar-refractivity contribution is -0.125. The fourth-order valence-corrected chi connectivity index (χ4v) is 3.20. The summed E-state index contributed by atoms with van der Waals surface area (Å²) in [6, 6.07) is 6.84. The van der Waals surface area contributed by atoms with E-state index < -0.39 is 6.04 Å². The van der Waals surface area contributed by atoms with Crippen molar-refractivity contribution in [3.63, 3.8) is 0 Å². The fraction of sp³-hybridized carbons (Fsp3) is 0.474. The molecule has 1 aromatic carbocycles. The first-order valence-electron chi connectivity index (χ1n) is 8.82. The summed E-state index contributed by atoms with van der Waals surface area (Å²) in [6.07, 6.45) is 0.946. The maximum atomic E-state index is 12.9. The second kappa shape index (κ2) is 7.17. The minimum absolute atomic E-state index is 0.00188. The highest BCUT2D eigenvalue weighted by molar-refractivity contribution is 6.01. The number of rotatable bonds is 6. The predicted octanol–water partition coefficient (Wildman–Crippen LogP) is 2.58. The summed E-state index contributed by atoms with van der Waals surface area (Å²) in [5.41, 5.74) is 2.24. The summed E-state index contributed by atoms with van der Waals surface area (Å²) in [6.45, 7) is 7.99. The van der Waals surface area contributed by atoms with Crippen LogP contribution in [0, 0.1) is 5.92 Å². The van der Waals surface area contributed by atoms with Gasteiger partial charge in [-0.25, -0.2) is 4.79 Å². The van der Waals surface area contributed by atoms with Crippen LogP contribution in [-0.2, 0) is 4.79 Å². The van der Waals surface area contributed by atoms with Gasteiger partial charge in [-0.15, -0.1) is 0 Å². The lowest BCUT2D eigenvalue weighted by atomic mass is 9.96. The molecule has 2 aliphatic heterocycles. The molecule has 1 aromatic rings. The number of benzene rings is 1. The number of nitrogens with one attached hydrogen (secondary N) is 2. The molecule has 25 heavy (non-hydrogen) atoms. The summed E-state index contributed by atoms with van der Waals surface area (Å²) in [5, 5.41) is 5.68. The van der Waals surface area contributed by atoms with Crippen molar-refractivity contribution < 1.29 is 14.3 Å². The van der Waals surface area contributed by atoms with E-state index in [0.717, 1.165) is 23.4 Å². The number of carbonyl (C=O) groups excluding carboxylic acids is 2. The van der Waals surface area contributed by atoms with E-state index in [2.05, 4.69) is 24.5 Å². The zero-order valence-corrected chi connectivity index (χ0v) is 15.0. The lowest BCUT2D eigenvalue weighted by Crippen LogP contribution is -2.44. The first-order chi connectivity index (χ1) is 12.0. The van der Waals surface area contributed by atoms with E-state index in [1.165, 1.54) is 0 Å². The van der Waals surface area contributed by atoms with E-state index in [9.17, 15) is 9.59 Å². The van der Waals surface area contributed by atoms with Crippen LogP contribution < -0.4 is 15.4 Å². The number of carbonyl (C=O) groups is 2. The van der Waals surface area contributed by atoms with Crippen LogP contribution in [0.4, 0.5) is 4.79 Å². The molecule has 6 nitrogen and oxygen atoms in total. The Balaban J connectivity index is 1.83. The van der Waals surface area contributed by atoms with Gasteiger partial charge >= 0.3 is 6.03 Å². The molecule has 0 saturated heterocycles. The van der Waals surface area contributed by atoms with E-state index in [0.29, 0.717) is 31.2 Å². The first kappa shape index (κ1) is 17.3. The second-order valence-electron chi connectivity index (χ2n) is 6.83. The van der Waals surface area contributed by atoms with E-state index in [1.54, 1.807) is 0 Å². The number of hydrogen-bond donors (Lipinski definition) is 2. The third-order valence-electron chi connectivity index (χ3n) is 4.52. The Labute approximate surface area is 148 Å². The summed E-state index contributed by atoms with van der Waals surface area (Å²) < 4.78 is 5.46. The average molecular weight is 343 g/mol. The predicted molar refractivity (Wildman–Crippen MR) is 95.1 cm³/mol. The van der Waals surface area contributed by atoms with E-state index >= 15 is 0 Å². The number of urea groups is 1. The van der Waals surface area contributed by atoms with Gasteiger partial charge in [0.15, 0.2) is 0 Å². The minimum atomic E-state index is -0.420. The number of amides is 3. The van der Waals surface area contributed by atoms with Crippen LogP contribution in [-0.4, -0.2) is 36.5 Å². The van der Waals surface area contributed by atoms with E-state index in [-0.39, 0.29) is 11.9 Å². The largest absolute Gasteiger partial charge is 0.494 e. The van der Waals surface area contributed by atoms with Crippen molar-refractivity contribution in [2.45, 2.75) is 33.2 Å².